The average molecular weight is 491 g/mol. The van der Waals surface area contributed by atoms with Gasteiger partial charge in [-0.3, -0.25) is 0 Å². The zero-order chi connectivity index (χ0) is 24.1. The minimum Gasteiger partial charge on any atom is -0.422 e. The summed E-state index contributed by atoms with van der Waals surface area (Å²) >= 11 is 5.91. The van der Waals surface area contributed by atoms with Crippen LogP contribution in [0.5, 0.6) is 0 Å². The van der Waals surface area contributed by atoms with Gasteiger partial charge in [0.2, 0.25) is 0 Å². The van der Waals surface area contributed by atoms with Crippen LogP contribution in [0.1, 0.15) is 35.7 Å². The van der Waals surface area contributed by atoms with Gasteiger partial charge >= 0.3 is 12.4 Å². The molecule has 0 aliphatic carbocycles. The second-order valence-corrected chi connectivity index (χ2v) is 7.43. The fourth-order valence-corrected chi connectivity index (χ4v) is 3.28. The monoisotopic (exact) mass is 490 g/mol. The highest BCUT2D eigenvalue weighted by atomic mass is 35.5. The predicted octanol–water partition coefficient (Wildman–Crippen LogP) is 5.98. The Hall–Kier alpha value is -3.35. The van der Waals surface area contributed by atoms with E-state index in [9.17, 15) is 26.3 Å². The maximum atomic E-state index is 13.0. The smallest absolute Gasteiger partial charge is 0.417 e. The minimum atomic E-state index is -4.61. The Morgan fingerprint density at radius 3 is 2.33 bits per heavy atom. The molecule has 33 heavy (non-hydrogen) atoms. The maximum Gasteiger partial charge on any atom is 0.417 e. The summed E-state index contributed by atoms with van der Waals surface area (Å²) in [5.74, 6) is 0.655. The summed E-state index contributed by atoms with van der Waals surface area (Å²) in [5, 5.41) is 6.74. The molecule has 1 aromatic carbocycles. The number of hydrogen-bond acceptors (Lipinski definition) is 6. The van der Waals surface area contributed by atoms with Crippen LogP contribution in [0.2, 0.25) is 5.02 Å². The minimum absolute atomic E-state index is 0.0404. The number of fused-ring (bicyclic) bond motifs is 1. The molecule has 0 unspecified atom stereocenters. The van der Waals surface area contributed by atoms with Crippen LogP contribution in [0.4, 0.5) is 32.4 Å². The molecule has 3 heterocycles. The Kier molecular flexibility index (Phi) is 5.47. The molecule has 1 N–H and O–H groups in total. The van der Waals surface area contributed by atoms with Crippen LogP contribution < -0.4 is 5.32 Å². The molecule has 3 aromatic heterocycles. The van der Waals surface area contributed by atoms with Crippen LogP contribution in [-0.2, 0) is 12.4 Å². The van der Waals surface area contributed by atoms with Gasteiger partial charge in [0, 0.05) is 6.20 Å². The topological polar surface area (TPSA) is 81.7 Å². The summed E-state index contributed by atoms with van der Waals surface area (Å²) in [7, 11) is 0. The predicted molar refractivity (Wildman–Crippen MR) is 105 cm³/mol. The molecule has 0 saturated carbocycles. The van der Waals surface area contributed by atoms with Crippen LogP contribution >= 0.6 is 11.6 Å². The van der Waals surface area contributed by atoms with E-state index in [1.165, 1.54) is 4.68 Å². The van der Waals surface area contributed by atoms with E-state index in [0.29, 0.717) is 12.0 Å². The Bertz CT molecular complexity index is 1310. The zero-order valence-corrected chi connectivity index (χ0v) is 17.5. The number of alkyl halides is 6. The number of aromatic nitrogens is 5. The summed E-state index contributed by atoms with van der Waals surface area (Å²) in [4.78, 5) is 12.1. The van der Waals surface area contributed by atoms with Crippen LogP contribution in [0, 0.1) is 6.92 Å². The van der Waals surface area contributed by atoms with Crippen molar-refractivity contribution < 1.29 is 30.8 Å². The second kappa shape index (κ2) is 7.90. The fraction of sp³-hybridized carbons (Fsp3) is 0.263. The van der Waals surface area contributed by atoms with Gasteiger partial charge in [-0.1, -0.05) is 11.6 Å². The fourth-order valence-electron chi connectivity index (χ4n) is 3.03. The highest BCUT2D eigenvalue weighted by Crippen LogP contribution is 2.36. The quantitative estimate of drug-likeness (QED) is 0.355. The first-order valence-corrected chi connectivity index (χ1v) is 9.61. The lowest BCUT2D eigenvalue weighted by Gasteiger charge is -2.13. The van der Waals surface area contributed by atoms with Crippen LogP contribution in [0.15, 0.2) is 34.9 Å². The number of anilines is 1. The largest absolute Gasteiger partial charge is 0.422 e. The highest BCUT2D eigenvalue weighted by Gasteiger charge is 2.33. The van der Waals surface area contributed by atoms with Gasteiger partial charge in [-0.2, -0.15) is 36.0 Å². The van der Waals surface area contributed by atoms with Crippen molar-refractivity contribution in [2.24, 2.45) is 0 Å². The normalized spacial score (nSPS) is 13.5. The maximum absolute atomic E-state index is 13.0. The van der Waals surface area contributed by atoms with E-state index in [1.807, 2.05) is 0 Å². The van der Waals surface area contributed by atoms with Gasteiger partial charge in [-0.15, -0.1) is 5.10 Å². The lowest BCUT2D eigenvalue weighted by atomic mass is 10.2. The first-order valence-electron chi connectivity index (χ1n) is 9.24. The van der Waals surface area contributed by atoms with Crippen molar-refractivity contribution >= 4 is 28.7 Å². The third kappa shape index (κ3) is 4.58. The molecule has 14 heteroatoms. The van der Waals surface area contributed by atoms with Gasteiger partial charge in [0.15, 0.2) is 17.2 Å². The molecule has 7 nitrogen and oxygen atoms in total. The van der Waals surface area contributed by atoms with Crippen LogP contribution in [-0.4, -0.2) is 24.7 Å². The van der Waals surface area contributed by atoms with Crippen LogP contribution in [0.3, 0.4) is 0 Å². The van der Waals surface area contributed by atoms with Crippen molar-refractivity contribution in [3.8, 4) is 5.82 Å². The highest BCUT2D eigenvalue weighted by molar-refractivity contribution is 6.34. The van der Waals surface area contributed by atoms with Crippen molar-refractivity contribution in [2.75, 3.05) is 5.32 Å². The molecule has 4 rings (SSSR count). The van der Waals surface area contributed by atoms with Crippen molar-refractivity contribution in [3.05, 3.63) is 58.3 Å². The molecule has 0 fully saturated rings. The standard InChI is InChI=1S/C19H13ClF6N6O/c1-8(28-17-30-13-6-11(19(24,25)26)5-12(20)15(13)33-17)16-29-9(2)31-32(16)14-4-3-10(7-27-14)18(21,22)23/h3-8H,1-2H3,(H,28,30)/t8-/m0/s1. The first-order chi connectivity index (χ1) is 15.3. The third-order valence-corrected chi connectivity index (χ3v) is 4.81. The van der Waals surface area contributed by atoms with Gasteiger partial charge < -0.3 is 9.73 Å². The summed E-state index contributed by atoms with van der Waals surface area (Å²) in [6.45, 7) is 3.20. The van der Waals surface area contributed by atoms with E-state index in [0.717, 1.165) is 24.3 Å². The van der Waals surface area contributed by atoms with E-state index in [-0.39, 0.29) is 33.8 Å². The number of hydrogen-bond donors (Lipinski definition) is 1. The van der Waals surface area contributed by atoms with Crippen molar-refractivity contribution in [2.45, 2.75) is 32.2 Å². The van der Waals surface area contributed by atoms with Gasteiger partial charge in [-0.05, 0) is 38.1 Å². The van der Waals surface area contributed by atoms with Crippen molar-refractivity contribution in [1.29, 1.82) is 0 Å². The summed E-state index contributed by atoms with van der Waals surface area (Å²) < 4.78 is 84.2. The van der Waals surface area contributed by atoms with E-state index in [1.54, 1.807) is 13.8 Å². The molecule has 0 radical (unpaired) electrons. The van der Waals surface area contributed by atoms with E-state index in [2.05, 4.69) is 25.4 Å². The number of oxazole rings is 1. The number of pyridine rings is 1. The molecule has 1 atom stereocenters. The number of nitrogens with one attached hydrogen (secondary N) is 1. The van der Waals surface area contributed by atoms with E-state index in [4.69, 9.17) is 16.0 Å². The Morgan fingerprint density at radius 1 is 1.03 bits per heavy atom. The summed E-state index contributed by atoms with van der Waals surface area (Å²) in [6.07, 6.45) is -8.47. The Labute approximate surface area is 186 Å². The average Bonchev–Trinajstić information content (AvgIpc) is 3.30. The molecular formula is C19H13ClF6N6O. The first kappa shape index (κ1) is 22.8. The summed E-state index contributed by atoms with van der Waals surface area (Å²) in [6, 6.07) is 2.74. The lowest BCUT2D eigenvalue weighted by Crippen LogP contribution is -2.15. The Balaban J connectivity index is 1.64. The van der Waals surface area contributed by atoms with E-state index >= 15 is 0 Å². The molecule has 0 bridgehead atoms. The van der Waals surface area contributed by atoms with E-state index < -0.39 is 29.5 Å². The summed E-state index contributed by atoms with van der Waals surface area (Å²) in [5.41, 5.74) is -2.04. The molecule has 0 amide bonds. The van der Waals surface area contributed by atoms with Crippen molar-refractivity contribution in [1.82, 2.24) is 24.7 Å². The molecule has 0 aliphatic heterocycles. The zero-order valence-electron chi connectivity index (χ0n) is 16.8. The van der Waals surface area contributed by atoms with Gasteiger partial charge in [0.05, 0.1) is 22.2 Å². The van der Waals surface area contributed by atoms with Gasteiger partial charge in [0.1, 0.15) is 11.3 Å². The molecule has 0 saturated heterocycles. The molecule has 4 aromatic rings. The molecular weight excluding hydrogens is 478 g/mol. The number of aryl methyl sites for hydroxylation is 1. The molecule has 174 valence electrons. The van der Waals surface area contributed by atoms with Gasteiger partial charge in [-0.25, -0.2) is 9.97 Å². The van der Waals surface area contributed by atoms with Crippen molar-refractivity contribution in [3.63, 3.8) is 0 Å². The second-order valence-electron chi connectivity index (χ2n) is 7.02. The SMILES string of the molecule is Cc1nc([C@H](C)Nc2nc3cc(C(F)(F)F)cc(Cl)c3o2)n(-c2ccc(C(F)(F)F)cn2)n1. The van der Waals surface area contributed by atoms with Crippen LogP contribution in [0.25, 0.3) is 16.9 Å². The number of nitrogens with zero attached hydrogens (tertiary/aromatic N) is 5. The lowest BCUT2D eigenvalue weighted by molar-refractivity contribution is -0.138. The van der Waals surface area contributed by atoms with Gasteiger partial charge in [0.25, 0.3) is 6.01 Å². The third-order valence-electron chi connectivity index (χ3n) is 4.53. The Morgan fingerprint density at radius 2 is 1.73 bits per heavy atom. The number of halogens is 7. The molecule has 0 aliphatic rings. The molecule has 0 spiro atoms. The number of rotatable bonds is 4. The number of benzene rings is 1.